The van der Waals surface area contributed by atoms with Gasteiger partial charge in [0.1, 0.15) is 0 Å². The predicted molar refractivity (Wildman–Crippen MR) is 81.4 cm³/mol. The van der Waals surface area contributed by atoms with Crippen LogP contribution in [0.2, 0.25) is 0 Å². The van der Waals surface area contributed by atoms with E-state index in [9.17, 15) is 4.79 Å². The first-order valence-corrected chi connectivity index (χ1v) is 7.63. The van der Waals surface area contributed by atoms with Crippen LogP contribution < -0.4 is 5.73 Å². The molecule has 4 heteroatoms. The zero-order valence-electron chi connectivity index (χ0n) is 12.4. The summed E-state index contributed by atoms with van der Waals surface area (Å²) in [5.74, 6) is 0.789. The van der Waals surface area contributed by atoms with Gasteiger partial charge in [0.15, 0.2) is 0 Å². The Hall–Kier alpha value is -0.280. The number of carbonyl (C=O) groups is 1. The van der Waals surface area contributed by atoms with E-state index in [1.54, 1.807) is 0 Å². The molecule has 1 aliphatic carbocycles. The van der Waals surface area contributed by atoms with Crippen LogP contribution >= 0.6 is 12.4 Å². The van der Waals surface area contributed by atoms with Crippen LogP contribution in [0.4, 0.5) is 0 Å². The van der Waals surface area contributed by atoms with E-state index in [0.717, 1.165) is 25.9 Å². The fourth-order valence-electron chi connectivity index (χ4n) is 3.65. The Balaban J connectivity index is 0.00000180. The molecule has 0 radical (unpaired) electrons. The van der Waals surface area contributed by atoms with Crippen molar-refractivity contribution in [3.63, 3.8) is 0 Å². The molecule has 1 saturated carbocycles. The van der Waals surface area contributed by atoms with E-state index in [1.165, 1.54) is 25.7 Å². The van der Waals surface area contributed by atoms with Crippen molar-refractivity contribution in [3.8, 4) is 0 Å². The summed E-state index contributed by atoms with van der Waals surface area (Å²) in [6, 6.07) is 0.263. The number of rotatable bonds is 4. The monoisotopic (exact) mass is 288 g/mol. The maximum atomic E-state index is 12.3. The Morgan fingerprint density at radius 3 is 2.47 bits per heavy atom. The average molecular weight is 289 g/mol. The third-order valence-corrected chi connectivity index (χ3v) is 5.45. The minimum absolute atomic E-state index is 0. The Morgan fingerprint density at radius 1 is 1.32 bits per heavy atom. The fourth-order valence-corrected chi connectivity index (χ4v) is 3.65. The van der Waals surface area contributed by atoms with Gasteiger partial charge >= 0.3 is 0 Å². The molecule has 1 amide bonds. The SMILES string of the molecule is CCC1(CC)CCN(C(=O)C[C@@H]2CCC[C@H]2N)C1.Cl. The smallest absolute Gasteiger partial charge is 0.222 e. The molecule has 2 fully saturated rings. The lowest BCUT2D eigenvalue weighted by Gasteiger charge is -2.27. The summed E-state index contributed by atoms with van der Waals surface area (Å²) in [6.07, 6.45) is 7.70. The summed E-state index contributed by atoms with van der Waals surface area (Å²) < 4.78 is 0. The number of nitrogens with two attached hydrogens (primary N) is 1. The van der Waals surface area contributed by atoms with E-state index in [0.29, 0.717) is 23.7 Å². The first kappa shape index (κ1) is 16.8. The Bertz CT molecular complexity index is 305. The Morgan fingerprint density at radius 2 is 2.00 bits per heavy atom. The van der Waals surface area contributed by atoms with Crippen molar-refractivity contribution in [2.75, 3.05) is 13.1 Å². The second-order valence-electron chi connectivity index (χ2n) is 6.33. The molecule has 1 aliphatic heterocycles. The zero-order chi connectivity index (χ0) is 13.2. The molecule has 0 aromatic rings. The van der Waals surface area contributed by atoms with Crippen molar-refractivity contribution >= 4 is 18.3 Å². The second kappa shape index (κ2) is 6.94. The van der Waals surface area contributed by atoms with Crippen LogP contribution in [-0.4, -0.2) is 29.9 Å². The van der Waals surface area contributed by atoms with Crippen molar-refractivity contribution < 1.29 is 4.79 Å². The van der Waals surface area contributed by atoms with Crippen LogP contribution in [-0.2, 0) is 4.79 Å². The summed E-state index contributed by atoms with van der Waals surface area (Å²) >= 11 is 0. The van der Waals surface area contributed by atoms with E-state index < -0.39 is 0 Å². The molecule has 2 aliphatic rings. The lowest BCUT2D eigenvalue weighted by atomic mass is 9.82. The predicted octanol–water partition coefficient (Wildman–Crippen LogP) is 2.96. The molecule has 3 nitrogen and oxygen atoms in total. The maximum absolute atomic E-state index is 12.3. The number of hydrogen-bond acceptors (Lipinski definition) is 2. The first-order chi connectivity index (χ1) is 8.60. The highest BCUT2D eigenvalue weighted by Crippen LogP contribution is 2.38. The number of nitrogens with zero attached hydrogens (tertiary/aromatic N) is 1. The molecule has 2 rings (SSSR count). The number of halogens is 1. The van der Waals surface area contributed by atoms with Gasteiger partial charge in [0.25, 0.3) is 0 Å². The summed E-state index contributed by atoms with van der Waals surface area (Å²) in [6.45, 7) is 6.44. The van der Waals surface area contributed by atoms with Gasteiger partial charge in [-0.25, -0.2) is 0 Å². The molecule has 0 aromatic carbocycles. The molecule has 19 heavy (non-hydrogen) atoms. The molecule has 0 bridgehead atoms. The fraction of sp³-hybridized carbons (Fsp3) is 0.933. The highest BCUT2D eigenvalue weighted by molar-refractivity contribution is 5.85. The number of hydrogen-bond donors (Lipinski definition) is 1. The normalized spacial score (nSPS) is 29.3. The van der Waals surface area contributed by atoms with Gasteiger partial charge in [0, 0.05) is 25.6 Å². The molecule has 1 saturated heterocycles. The molecule has 0 spiro atoms. The summed E-state index contributed by atoms with van der Waals surface area (Å²) in [5, 5.41) is 0. The van der Waals surface area contributed by atoms with Crippen LogP contribution in [0, 0.1) is 11.3 Å². The van der Waals surface area contributed by atoms with Gasteiger partial charge in [-0.05, 0) is 43.4 Å². The van der Waals surface area contributed by atoms with Gasteiger partial charge in [0.2, 0.25) is 5.91 Å². The highest BCUT2D eigenvalue weighted by Gasteiger charge is 2.38. The average Bonchev–Trinajstić information content (AvgIpc) is 2.97. The van der Waals surface area contributed by atoms with E-state index in [2.05, 4.69) is 18.7 Å². The first-order valence-electron chi connectivity index (χ1n) is 7.63. The van der Waals surface area contributed by atoms with Crippen molar-refractivity contribution in [2.45, 2.75) is 64.8 Å². The second-order valence-corrected chi connectivity index (χ2v) is 6.33. The molecule has 112 valence electrons. The third-order valence-electron chi connectivity index (χ3n) is 5.45. The quantitative estimate of drug-likeness (QED) is 0.864. The number of carbonyl (C=O) groups excluding carboxylic acids is 1. The molecule has 2 atom stereocenters. The topological polar surface area (TPSA) is 46.3 Å². The summed E-state index contributed by atoms with van der Waals surface area (Å²) in [4.78, 5) is 14.4. The minimum atomic E-state index is 0. The standard InChI is InChI=1S/C15H28N2O.ClH/c1-3-15(4-2)8-9-17(11-15)14(18)10-12-6-5-7-13(12)16;/h12-13H,3-11,16H2,1-2H3;1H/t12-,13+;/m0./s1. The van der Waals surface area contributed by atoms with E-state index in [4.69, 9.17) is 5.73 Å². The van der Waals surface area contributed by atoms with Gasteiger partial charge in [-0.15, -0.1) is 12.4 Å². The van der Waals surface area contributed by atoms with Crippen molar-refractivity contribution in [1.29, 1.82) is 0 Å². The van der Waals surface area contributed by atoms with Crippen LogP contribution in [0.3, 0.4) is 0 Å². The Kier molecular flexibility index (Phi) is 6.13. The summed E-state index contributed by atoms with van der Waals surface area (Å²) in [5.41, 5.74) is 6.46. The van der Waals surface area contributed by atoms with E-state index >= 15 is 0 Å². The number of amides is 1. The van der Waals surface area contributed by atoms with Gasteiger partial charge in [-0.1, -0.05) is 20.3 Å². The largest absolute Gasteiger partial charge is 0.342 e. The Labute approximate surface area is 123 Å². The number of likely N-dealkylation sites (tertiary alicyclic amines) is 1. The molecule has 0 aromatic heterocycles. The van der Waals surface area contributed by atoms with E-state index in [1.807, 2.05) is 0 Å². The van der Waals surface area contributed by atoms with Gasteiger partial charge in [-0.2, -0.15) is 0 Å². The van der Waals surface area contributed by atoms with Crippen LogP contribution in [0.25, 0.3) is 0 Å². The zero-order valence-corrected chi connectivity index (χ0v) is 13.2. The van der Waals surface area contributed by atoms with Crippen molar-refractivity contribution in [3.05, 3.63) is 0 Å². The van der Waals surface area contributed by atoms with Gasteiger partial charge in [0.05, 0.1) is 0 Å². The third kappa shape index (κ3) is 3.63. The van der Waals surface area contributed by atoms with Crippen molar-refractivity contribution in [1.82, 2.24) is 4.90 Å². The molecule has 0 unspecified atom stereocenters. The highest BCUT2D eigenvalue weighted by atomic mass is 35.5. The van der Waals surface area contributed by atoms with Crippen LogP contribution in [0.1, 0.15) is 58.8 Å². The summed E-state index contributed by atoms with van der Waals surface area (Å²) in [7, 11) is 0. The van der Waals surface area contributed by atoms with E-state index in [-0.39, 0.29) is 18.4 Å². The molecular formula is C15H29ClN2O. The lowest BCUT2D eigenvalue weighted by molar-refractivity contribution is -0.131. The van der Waals surface area contributed by atoms with Crippen LogP contribution in [0.15, 0.2) is 0 Å². The molecular weight excluding hydrogens is 260 g/mol. The van der Waals surface area contributed by atoms with Gasteiger partial charge < -0.3 is 10.6 Å². The maximum Gasteiger partial charge on any atom is 0.222 e. The van der Waals surface area contributed by atoms with Crippen LogP contribution in [0.5, 0.6) is 0 Å². The lowest BCUT2D eigenvalue weighted by Crippen LogP contribution is -2.35. The molecule has 1 heterocycles. The minimum Gasteiger partial charge on any atom is -0.342 e. The van der Waals surface area contributed by atoms with Gasteiger partial charge in [-0.3, -0.25) is 4.79 Å². The molecule has 2 N–H and O–H groups in total. The van der Waals surface area contributed by atoms with Crippen molar-refractivity contribution in [2.24, 2.45) is 17.1 Å².